The minimum Gasteiger partial charge on any atom is -0.497 e. The number of amidine groups is 1. The van der Waals surface area contributed by atoms with E-state index in [1.165, 1.54) is 10.0 Å². The van der Waals surface area contributed by atoms with E-state index in [1.54, 1.807) is 21.2 Å². The zero-order valence-electron chi connectivity index (χ0n) is 11.2. The van der Waals surface area contributed by atoms with E-state index >= 15 is 0 Å². The van der Waals surface area contributed by atoms with Crippen molar-refractivity contribution >= 4 is 11.9 Å². The Bertz CT molecular complexity index is 483. The lowest BCUT2D eigenvalue weighted by molar-refractivity contribution is 0.140. The topological polar surface area (TPSA) is 69.2 Å². The molecular formula is C12H17N5O2. The number of hydrogen-bond acceptors (Lipinski definition) is 5. The zero-order chi connectivity index (χ0) is 13.8. The molecule has 0 saturated carbocycles. The molecule has 19 heavy (non-hydrogen) atoms. The maximum absolute atomic E-state index is 11.7. The van der Waals surface area contributed by atoms with Crippen LogP contribution >= 0.6 is 0 Å². The predicted molar refractivity (Wildman–Crippen MR) is 71.3 cm³/mol. The molecule has 0 unspecified atom stereocenters. The van der Waals surface area contributed by atoms with E-state index in [2.05, 4.69) is 16.1 Å². The summed E-state index contributed by atoms with van der Waals surface area (Å²) in [7, 11) is 4.98. The van der Waals surface area contributed by atoms with Crippen LogP contribution in [-0.2, 0) is 6.42 Å². The highest BCUT2D eigenvalue weighted by Gasteiger charge is 2.21. The minimum atomic E-state index is -0.214. The fourth-order valence-electron chi connectivity index (χ4n) is 1.60. The summed E-state index contributed by atoms with van der Waals surface area (Å²) in [5, 5.41) is 5.30. The molecule has 1 aliphatic heterocycles. The van der Waals surface area contributed by atoms with Gasteiger partial charge in [-0.25, -0.2) is 4.79 Å². The van der Waals surface area contributed by atoms with Gasteiger partial charge in [-0.3, -0.25) is 5.43 Å². The van der Waals surface area contributed by atoms with Crippen molar-refractivity contribution in [1.29, 1.82) is 0 Å². The first-order valence-corrected chi connectivity index (χ1v) is 5.83. The summed E-state index contributed by atoms with van der Waals surface area (Å²) >= 11 is 0. The van der Waals surface area contributed by atoms with Gasteiger partial charge in [0.1, 0.15) is 11.6 Å². The Morgan fingerprint density at radius 2 is 2.05 bits per heavy atom. The number of nitrogens with one attached hydrogen (secondary N) is 2. The molecule has 1 aromatic carbocycles. The van der Waals surface area contributed by atoms with Crippen molar-refractivity contribution in [2.24, 2.45) is 5.10 Å². The Balaban J connectivity index is 1.92. The Morgan fingerprint density at radius 3 is 2.63 bits per heavy atom. The lowest BCUT2D eigenvalue weighted by Crippen LogP contribution is -2.50. The first-order valence-electron chi connectivity index (χ1n) is 5.83. The maximum Gasteiger partial charge on any atom is 0.359 e. The van der Waals surface area contributed by atoms with E-state index in [-0.39, 0.29) is 6.03 Å². The molecule has 0 saturated heterocycles. The highest BCUT2D eigenvalue weighted by molar-refractivity contribution is 5.88. The molecule has 1 aliphatic rings. The fraction of sp³-hybridized carbons (Fsp3) is 0.333. The van der Waals surface area contributed by atoms with Gasteiger partial charge in [0, 0.05) is 20.5 Å². The van der Waals surface area contributed by atoms with Gasteiger partial charge in [0.05, 0.1) is 7.11 Å². The molecule has 0 fully saturated rings. The van der Waals surface area contributed by atoms with Crippen LogP contribution < -0.4 is 15.7 Å². The molecular weight excluding hydrogens is 246 g/mol. The van der Waals surface area contributed by atoms with Gasteiger partial charge in [-0.2, -0.15) is 5.53 Å². The van der Waals surface area contributed by atoms with Crippen LogP contribution in [0.1, 0.15) is 5.56 Å². The molecule has 0 atom stereocenters. The summed E-state index contributed by atoms with van der Waals surface area (Å²) in [6.45, 7) is 0. The molecule has 1 aromatic rings. The van der Waals surface area contributed by atoms with Crippen LogP contribution in [0.5, 0.6) is 5.75 Å². The van der Waals surface area contributed by atoms with E-state index < -0.39 is 0 Å². The summed E-state index contributed by atoms with van der Waals surface area (Å²) in [4.78, 5) is 13.1. The Morgan fingerprint density at radius 1 is 1.37 bits per heavy atom. The van der Waals surface area contributed by atoms with Gasteiger partial charge in [0.15, 0.2) is 0 Å². The van der Waals surface area contributed by atoms with Crippen LogP contribution in [0.3, 0.4) is 0 Å². The van der Waals surface area contributed by atoms with Crippen LogP contribution in [0, 0.1) is 0 Å². The van der Waals surface area contributed by atoms with Crippen LogP contribution in [-0.4, -0.2) is 43.1 Å². The Labute approximate surface area is 111 Å². The van der Waals surface area contributed by atoms with E-state index in [0.717, 1.165) is 11.3 Å². The van der Waals surface area contributed by atoms with Crippen LogP contribution in [0.15, 0.2) is 29.4 Å². The first-order chi connectivity index (χ1) is 9.10. The van der Waals surface area contributed by atoms with Crippen molar-refractivity contribution in [3.63, 3.8) is 0 Å². The van der Waals surface area contributed by atoms with E-state index in [1.807, 2.05) is 24.3 Å². The van der Waals surface area contributed by atoms with Crippen molar-refractivity contribution in [1.82, 2.24) is 21.0 Å². The fourth-order valence-corrected chi connectivity index (χ4v) is 1.60. The zero-order valence-corrected chi connectivity index (χ0v) is 11.2. The number of urea groups is 1. The van der Waals surface area contributed by atoms with E-state index in [9.17, 15) is 4.79 Å². The minimum absolute atomic E-state index is 0.214. The van der Waals surface area contributed by atoms with Crippen molar-refractivity contribution in [2.75, 3.05) is 21.2 Å². The lowest BCUT2D eigenvalue weighted by atomic mass is 10.1. The van der Waals surface area contributed by atoms with Gasteiger partial charge in [-0.15, -0.1) is 10.2 Å². The summed E-state index contributed by atoms with van der Waals surface area (Å²) in [6, 6.07) is 7.48. The van der Waals surface area contributed by atoms with Crippen molar-refractivity contribution in [3.8, 4) is 5.75 Å². The quantitative estimate of drug-likeness (QED) is 0.836. The predicted octanol–water partition coefficient (Wildman–Crippen LogP) is 0.558. The monoisotopic (exact) mass is 263 g/mol. The summed E-state index contributed by atoms with van der Waals surface area (Å²) in [6.07, 6.45) is 0.605. The number of benzene rings is 1. The molecule has 1 heterocycles. The summed E-state index contributed by atoms with van der Waals surface area (Å²) in [5.41, 5.74) is 6.60. The number of nitrogens with zero attached hydrogens (tertiary/aromatic N) is 3. The molecule has 0 aromatic heterocycles. The highest BCUT2D eigenvalue weighted by atomic mass is 16.5. The van der Waals surface area contributed by atoms with Crippen LogP contribution in [0.4, 0.5) is 4.79 Å². The standard InChI is InChI=1S/C12H17N5O2/c1-16(2)12(18)17-14-11(13-15-17)8-9-4-6-10(19-3)7-5-9/h4-7,15H,8H2,1-3H3,(H,13,14). The Hall–Kier alpha value is -2.44. The van der Waals surface area contributed by atoms with Crippen molar-refractivity contribution in [3.05, 3.63) is 29.8 Å². The van der Waals surface area contributed by atoms with E-state index in [0.29, 0.717) is 12.3 Å². The number of methoxy groups -OCH3 is 1. The number of hydrazone groups is 1. The van der Waals surface area contributed by atoms with Crippen molar-refractivity contribution in [2.45, 2.75) is 6.42 Å². The maximum atomic E-state index is 11.7. The molecule has 2 N–H and O–H groups in total. The smallest absolute Gasteiger partial charge is 0.359 e. The summed E-state index contributed by atoms with van der Waals surface area (Å²) in [5.74, 6) is 1.49. The second-order valence-electron chi connectivity index (χ2n) is 4.31. The van der Waals surface area contributed by atoms with Gasteiger partial charge in [0.2, 0.25) is 0 Å². The molecule has 7 heteroatoms. The lowest BCUT2D eigenvalue weighted by Gasteiger charge is -2.19. The van der Waals surface area contributed by atoms with Crippen LogP contribution in [0.25, 0.3) is 0 Å². The summed E-state index contributed by atoms with van der Waals surface area (Å²) < 4.78 is 5.10. The number of carbonyl (C=O) groups is 1. The number of ether oxygens (including phenoxy) is 1. The largest absolute Gasteiger partial charge is 0.497 e. The third-order valence-corrected chi connectivity index (χ3v) is 2.63. The average Bonchev–Trinajstić information content (AvgIpc) is 2.87. The highest BCUT2D eigenvalue weighted by Crippen LogP contribution is 2.12. The number of rotatable bonds is 3. The third-order valence-electron chi connectivity index (χ3n) is 2.63. The normalized spacial score (nSPS) is 13.4. The molecule has 0 radical (unpaired) electrons. The number of hydrogen-bond donors (Lipinski definition) is 2. The van der Waals surface area contributed by atoms with Gasteiger partial charge in [-0.05, 0) is 17.7 Å². The molecule has 0 spiro atoms. The molecule has 2 amide bonds. The van der Waals surface area contributed by atoms with Crippen molar-refractivity contribution < 1.29 is 9.53 Å². The van der Waals surface area contributed by atoms with Crippen LogP contribution in [0.2, 0.25) is 0 Å². The number of amides is 2. The third kappa shape index (κ3) is 3.06. The molecule has 0 bridgehead atoms. The second-order valence-corrected chi connectivity index (χ2v) is 4.31. The number of hydrazine groups is 2. The average molecular weight is 263 g/mol. The van der Waals surface area contributed by atoms with E-state index in [4.69, 9.17) is 4.74 Å². The van der Waals surface area contributed by atoms with Gasteiger partial charge < -0.3 is 9.64 Å². The molecule has 102 valence electrons. The molecule has 2 rings (SSSR count). The Kier molecular flexibility index (Phi) is 3.74. The SMILES string of the molecule is COc1ccc(CC2=NNN(C(=O)N(C)C)N2)cc1. The first kappa shape index (κ1) is 13.0. The number of carbonyl (C=O) groups excluding carboxylic acids is 1. The van der Waals surface area contributed by atoms with Gasteiger partial charge >= 0.3 is 6.03 Å². The molecule has 0 aliphatic carbocycles. The van der Waals surface area contributed by atoms with Gasteiger partial charge in [-0.1, -0.05) is 12.1 Å². The van der Waals surface area contributed by atoms with Gasteiger partial charge in [0.25, 0.3) is 0 Å². The molecule has 7 nitrogen and oxygen atoms in total. The second kappa shape index (κ2) is 5.47.